The number of benzene rings is 1. The van der Waals surface area contributed by atoms with E-state index in [-0.39, 0.29) is 5.91 Å². The van der Waals surface area contributed by atoms with Gasteiger partial charge in [0.15, 0.2) is 10.9 Å². The smallest absolute Gasteiger partial charge is 0.273 e. The van der Waals surface area contributed by atoms with Crippen molar-refractivity contribution in [1.82, 2.24) is 29.5 Å². The van der Waals surface area contributed by atoms with Crippen LogP contribution >= 0.6 is 23.1 Å². The van der Waals surface area contributed by atoms with Gasteiger partial charge in [0.2, 0.25) is 5.82 Å². The summed E-state index contributed by atoms with van der Waals surface area (Å²) in [6.45, 7) is 6.46. The zero-order chi connectivity index (χ0) is 24.2. The van der Waals surface area contributed by atoms with Crippen molar-refractivity contribution >= 4 is 29.0 Å². The quantitative estimate of drug-likeness (QED) is 0.328. The summed E-state index contributed by atoms with van der Waals surface area (Å²) >= 11 is 2.99. The number of thiazole rings is 1. The van der Waals surface area contributed by atoms with E-state index >= 15 is 0 Å². The lowest BCUT2D eigenvalue weighted by Gasteiger charge is -2.33. The summed E-state index contributed by atoms with van der Waals surface area (Å²) in [4.78, 5) is 21.8. The Balaban J connectivity index is 1.35. The molecular weight excluding hydrogens is 484 g/mol. The summed E-state index contributed by atoms with van der Waals surface area (Å²) in [7, 11) is 1.64. The molecule has 9 nitrogen and oxygen atoms in total. The predicted octanol–water partition coefficient (Wildman–Crippen LogP) is 4.06. The number of likely N-dealkylation sites (N-methyl/N-ethyl adjacent to an activating group) is 1. The minimum absolute atomic E-state index is 0.00514. The van der Waals surface area contributed by atoms with Crippen LogP contribution in [0.5, 0.6) is 5.75 Å². The van der Waals surface area contributed by atoms with E-state index in [0.717, 1.165) is 43.4 Å². The first kappa shape index (κ1) is 23.6. The number of amides is 1. The lowest BCUT2D eigenvalue weighted by Crippen LogP contribution is -2.48. The Labute approximate surface area is 211 Å². The number of carbonyl (C=O) groups excluding carboxylic acids is 1. The third-order valence-corrected chi connectivity index (χ3v) is 7.88. The number of nitrogens with zero attached hydrogens (tertiary/aromatic N) is 6. The highest BCUT2D eigenvalue weighted by atomic mass is 32.2. The van der Waals surface area contributed by atoms with Gasteiger partial charge in [-0.3, -0.25) is 9.36 Å². The highest BCUT2D eigenvalue weighted by Gasteiger charge is 2.24. The predicted molar refractivity (Wildman–Crippen MR) is 135 cm³/mol. The second-order valence-corrected chi connectivity index (χ2v) is 9.82. The van der Waals surface area contributed by atoms with Crippen LogP contribution in [-0.4, -0.2) is 75.3 Å². The molecule has 0 aliphatic carbocycles. The Kier molecular flexibility index (Phi) is 7.16. The summed E-state index contributed by atoms with van der Waals surface area (Å²) in [5, 5.41) is 12.2. The minimum atomic E-state index is 0.00514. The van der Waals surface area contributed by atoms with Crippen LogP contribution in [0.15, 0.2) is 57.6 Å². The number of rotatable bonds is 8. The first-order valence-corrected chi connectivity index (χ1v) is 13.3. The van der Waals surface area contributed by atoms with Gasteiger partial charge in [0.05, 0.1) is 24.8 Å². The second kappa shape index (κ2) is 10.6. The molecule has 4 heterocycles. The first-order chi connectivity index (χ1) is 17.2. The Morgan fingerprint density at radius 3 is 2.71 bits per heavy atom. The van der Waals surface area contributed by atoms with Crippen molar-refractivity contribution < 1.29 is 13.9 Å². The van der Waals surface area contributed by atoms with E-state index in [1.54, 1.807) is 13.4 Å². The molecule has 5 rings (SSSR count). The largest absolute Gasteiger partial charge is 0.495 e. The molecule has 4 aromatic rings. The van der Waals surface area contributed by atoms with Crippen LogP contribution < -0.4 is 4.74 Å². The molecule has 0 N–H and O–H groups in total. The molecule has 0 atom stereocenters. The van der Waals surface area contributed by atoms with Gasteiger partial charge in [-0.2, -0.15) is 0 Å². The summed E-state index contributed by atoms with van der Waals surface area (Å²) in [5.41, 5.74) is 1.33. The molecule has 35 heavy (non-hydrogen) atoms. The van der Waals surface area contributed by atoms with Crippen LogP contribution in [0.1, 0.15) is 22.4 Å². The van der Waals surface area contributed by atoms with Crippen molar-refractivity contribution in [2.45, 2.75) is 17.8 Å². The number of aromatic nitrogens is 4. The van der Waals surface area contributed by atoms with Crippen LogP contribution in [0.4, 0.5) is 0 Å². The maximum Gasteiger partial charge on any atom is 0.273 e. The zero-order valence-electron chi connectivity index (χ0n) is 19.6. The molecule has 1 saturated heterocycles. The van der Waals surface area contributed by atoms with Crippen molar-refractivity contribution in [2.24, 2.45) is 0 Å². The van der Waals surface area contributed by atoms with Gasteiger partial charge < -0.3 is 19.0 Å². The molecule has 11 heteroatoms. The van der Waals surface area contributed by atoms with Crippen molar-refractivity contribution in [3.63, 3.8) is 0 Å². The van der Waals surface area contributed by atoms with Gasteiger partial charge in [-0.1, -0.05) is 30.8 Å². The number of thioether (sulfide) groups is 1. The summed E-state index contributed by atoms with van der Waals surface area (Å²) in [6.07, 6.45) is 1.61. The topological polar surface area (TPSA) is 89.5 Å². The number of para-hydroxylation sites is 2. The molecule has 0 bridgehead atoms. The fourth-order valence-corrected chi connectivity index (χ4v) is 5.72. The lowest BCUT2D eigenvalue weighted by molar-refractivity contribution is 0.0638. The van der Waals surface area contributed by atoms with E-state index in [9.17, 15) is 4.79 Å². The van der Waals surface area contributed by atoms with Gasteiger partial charge in [-0.15, -0.1) is 21.5 Å². The van der Waals surface area contributed by atoms with Crippen LogP contribution in [0, 0.1) is 0 Å². The SMILES string of the molecule is CCN1CCN(C(=O)c2csc(CSc3nnc(-c4ccco4)n3-c3ccccc3OC)n2)CC1. The van der Waals surface area contributed by atoms with Crippen LogP contribution in [0.2, 0.25) is 0 Å². The molecule has 0 spiro atoms. The molecule has 182 valence electrons. The number of hydrogen-bond donors (Lipinski definition) is 0. The number of carbonyl (C=O) groups is 1. The lowest BCUT2D eigenvalue weighted by atomic mass is 10.3. The fourth-order valence-electron chi connectivity index (χ4n) is 3.99. The fraction of sp³-hybridized carbons (Fsp3) is 0.333. The van der Waals surface area contributed by atoms with Gasteiger partial charge in [-0.25, -0.2) is 4.98 Å². The van der Waals surface area contributed by atoms with Gasteiger partial charge in [-0.05, 0) is 30.8 Å². The number of piperazine rings is 1. The first-order valence-electron chi connectivity index (χ1n) is 11.4. The normalized spacial score (nSPS) is 14.4. The molecule has 1 amide bonds. The number of methoxy groups -OCH3 is 1. The van der Waals surface area contributed by atoms with Crippen LogP contribution in [0.25, 0.3) is 17.3 Å². The van der Waals surface area contributed by atoms with Crippen molar-refractivity contribution in [2.75, 3.05) is 39.8 Å². The third kappa shape index (κ3) is 4.97. The minimum Gasteiger partial charge on any atom is -0.495 e. The number of furan rings is 1. The molecule has 1 aromatic carbocycles. The third-order valence-electron chi connectivity index (χ3n) is 5.90. The molecule has 0 unspecified atom stereocenters. The van der Waals surface area contributed by atoms with E-state index in [1.165, 1.54) is 23.1 Å². The van der Waals surface area contributed by atoms with Crippen LogP contribution in [-0.2, 0) is 5.75 Å². The van der Waals surface area contributed by atoms with Crippen molar-refractivity contribution in [1.29, 1.82) is 0 Å². The Morgan fingerprint density at radius 2 is 1.97 bits per heavy atom. The van der Waals surface area contributed by atoms with Crippen molar-refractivity contribution in [3.8, 4) is 23.0 Å². The van der Waals surface area contributed by atoms with Gasteiger partial charge in [0.25, 0.3) is 5.91 Å². The Morgan fingerprint density at radius 1 is 1.14 bits per heavy atom. The van der Waals surface area contributed by atoms with Gasteiger partial charge >= 0.3 is 0 Å². The average Bonchev–Trinajstić information content (AvgIpc) is 3.68. The molecule has 0 radical (unpaired) electrons. The highest BCUT2D eigenvalue weighted by Crippen LogP contribution is 2.34. The maximum absolute atomic E-state index is 12.9. The van der Waals surface area contributed by atoms with Gasteiger partial charge in [0.1, 0.15) is 16.5 Å². The molecule has 1 aliphatic rings. The van der Waals surface area contributed by atoms with Crippen LogP contribution in [0.3, 0.4) is 0 Å². The standard InChI is InChI=1S/C24H26N6O3S2/c1-3-28-10-12-29(13-11-28)23(31)17-15-34-21(25-17)16-35-24-27-26-22(20-9-6-14-33-20)30(24)18-7-4-5-8-19(18)32-2/h4-9,14-15H,3,10-13,16H2,1-2H3. The number of hydrogen-bond acceptors (Lipinski definition) is 9. The van der Waals surface area contributed by atoms with Gasteiger partial charge in [0, 0.05) is 31.6 Å². The molecule has 0 saturated carbocycles. The summed E-state index contributed by atoms with van der Waals surface area (Å²) in [5.74, 6) is 2.47. The van der Waals surface area contributed by atoms with E-state index in [4.69, 9.17) is 9.15 Å². The monoisotopic (exact) mass is 510 g/mol. The van der Waals surface area contributed by atoms with E-state index in [1.807, 2.05) is 51.2 Å². The summed E-state index contributed by atoms with van der Waals surface area (Å²) in [6, 6.07) is 11.4. The highest BCUT2D eigenvalue weighted by molar-refractivity contribution is 7.98. The Bertz CT molecular complexity index is 1280. The molecule has 3 aromatic heterocycles. The van der Waals surface area contributed by atoms with E-state index < -0.39 is 0 Å². The zero-order valence-corrected chi connectivity index (χ0v) is 21.2. The van der Waals surface area contributed by atoms with E-state index in [0.29, 0.717) is 33.9 Å². The van der Waals surface area contributed by atoms with Crippen molar-refractivity contribution in [3.05, 3.63) is 58.7 Å². The second-order valence-electron chi connectivity index (χ2n) is 7.93. The summed E-state index contributed by atoms with van der Waals surface area (Å²) < 4.78 is 13.1. The maximum atomic E-state index is 12.9. The molecule has 1 fully saturated rings. The Hall–Kier alpha value is -3.15. The molecule has 1 aliphatic heterocycles. The number of ether oxygens (including phenoxy) is 1. The van der Waals surface area contributed by atoms with E-state index in [2.05, 4.69) is 27.0 Å². The molecular formula is C24H26N6O3S2. The average molecular weight is 511 g/mol.